The molecule has 1 rings (SSSR count). The van der Waals surface area contributed by atoms with E-state index in [4.69, 9.17) is 10.5 Å². The quantitative estimate of drug-likeness (QED) is 0.628. The second kappa shape index (κ2) is 5.98. The minimum atomic E-state index is -1.04. The minimum Gasteiger partial charge on any atom is -0.473 e. The average Bonchev–Trinajstić information content (AvgIpc) is 2.29. The van der Waals surface area contributed by atoms with Gasteiger partial charge in [0.2, 0.25) is 5.75 Å². The van der Waals surface area contributed by atoms with Gasteiger partial charge in [0.25, 0.3) is 5.91 Å². The summed E-state index contributed by atoms with van der Waals surface area (Å²) in [7, 11) is 0. The van der Waals surface area contributed by atoms with Gasteiger partial charge in [-0.3, -0.25) is 14.9 Å². The highest BCUT2D eigenvalue weighted by molar-refractivity contribution is 9.10. The van der Waals surface area contributed by atoms with E-state index in [2.05, 4.69) is 15.9 Å². The number of carbonyl (C=O) groups excluding carboxylic acids is 1. The van der Waals surface area contributed by atoms with E-state index in [9.17, 15) is 20.0 Å². The topological polar surface area (TPSA) is 116 Å². The van der Waals surface area contributed by atoms with Gasteiger partial charge in [0.1, 0.15) is 0 Å². The Morgan fingerprint density at radius 3 is 2.53 bits per heavy atom. The monoisotopic (exact) mass is 332 g/mol. The van der Waals surface area contributed by atoms with Gasteiger partial charge >= 0.3 is 5.69 Å². The molecule has 3 N–H and O–H groups in total. The summed E-state index contributed by atoms with van der Waals surface area (Å²) in [6, 6.07) is 2.72. The first-order chi connectivity index (χ1) is 8.73. The maximum atomic E-state index is 11.0. The summed E-state index contributed by atoms with van der Waals surface area (Å²) in [6.07, 6.45) is -2.04. The van der Waals surface area contributed by atoms with Crippen LogP contribution in [0.2, 0.25) is 0 Å². The van der Waals surface area contributed by atoms with E-state index in [1.165, 1.54) is 26.0 Å². The maximum Gasteiger partial charge on any atom is 0.312 e. The van der Waals surface area contributed by atoms with Crippen molar-refractivity contribution in [2.45, 2.75) is 26.1 Å². The summed E-state index contributed by atoms with van der Waals surface area (Å²) in [5, 5.41) is 20.7. The fraction of sp³-hybridized carbons (Fsp3) is 0.364. The number of nitro groups is 1. The molecule has 1 unspecified atom stereocenters. The average molecular weight is 333 g/mol. The molecule has 0 heterocycles. The highest BCUT2D eigenvalue weighted by atomic mass is 79.9. The lowest BCUT2D eigenvalue weighted by atomic mass is 10.1. The van der Waals surface area contributed by atoms with Gasteiger partial charge in [0.05, 0.1) is 11.0 Å². The lowest BCUT2D eigenvalue weighted by Gasteiger charge is -2.17. The summed E-state index contributed by atoms with van der Waals surface area (Å²) in [4.78, 5) is 21.3. The molecule has 0 aliphatic rings. The molecule has 1 aromatic carbocycles. The Balaban J connectivity index is 3.39. The normalized spacial score (nSPS) is 13.7. The Labute approximate surface area is 117 Å². The van der Waals surface area contributed by atoms with Gasteiger partial charge in [0.15, 0.2) is 6.10 Å². The maximum absolute atomic E-state index is 11.0. The van der Waals surface area contributed by atoms with Crippen molar-refractivity contribution >= 4 is 27.5 Å². The van der Waals surface area contributed by atoms with Gasteiger partial charge in [0, 0.05) is 16.1 Å². The number of nitrogens with two attached hydrogens (primary N) is 1. The highest BCUT2D eigenvalue weighted by Gasteiger charge is 2.26. The molecule has 0 aromatic heterocycles. The summed E-state index contributed by atoms with van der Waals surface area (Å²) in [5.74, 6) is -0.914. The first-order valence-electron chi connectivity index (χ1n) is 5.36. The molecular formula is C11H13BrN2O5. The number of rotatable bonds is 5. The van der Waals surface area contributed by atoms with Crippen molar-refractivity contribution in [2.75, 3.05) is 0 Å². The number of halogens is 1. The predicted molar refractivity (Wildman–Crippen MR) is 70.7 cm³/mol. The number of nitro benzene ring substituents is 1. The number of amides is 1. The SMILES string of the molecule is CC(Oc1c([C@@H](C)O)cc(Br)cc1[N+](=O)[O-])C(N)=O. The van der Waals surface area contributed by atoms with Crippen LogP contribution in [0, 0.1) is 10.1 Å². The van der Waals surface area contributed by atoms with Crippen molar-refractivity contribution in [1.29, 1.82) is 0 Å². The third-order valence-corrected chi connectivity index (χ3v) is 2.86. The van der Waals surface area contributed by atoms with E-state index in [1.807, 2.05) is 0 Å². The number of aliphatic hydroxyl groups is 1. The molecule has 0 spiro atoms. The van der Waals surface area contributed by atoms with Crippen molar-refractivity contribution in [2.24, 2.45) is 5.73 Å². The molecule has 1 amide bonds. The van der Waals surface area contributed by atoms with E-state index in [0.717, 1.165) is 0 Å². The first kappa shape index (κ1) is 15.4. The van der Waals surface area contributed by atoms with Crippen LogP contribution in [0.1, 0.15) is 25.5 Å². The zero-order chi connectivity index (χ0) is 14.7. The Kier molecular flexibility index (Phi) is 4.84. The van der Waals surface area contributed by atoms with Crippen LogP contribution < -0.4 is 10.5 Å². The molecule has 1 aromatic rings. The fourth-order valence-electron chi connectivity index (χ4n) is 1.41. The Morgan fingerprint density at radius 1 is 1.53 bits per heavy atom. The van der Waals surface area contributed by atoms with Crippen LogP contribution in [-0.2, 0) is 4.79 Å². The molecule has 19 heavy (non-hydrogen) atoms. The number of hydrogen-bond donors (Lipinski definition) is 2. The molecule has 0 aliphatic heterocycles. The van der Waals surface area contributed by atoms with E-state index in [1.54, 1.807) is 0 Å². The number of primary amides is 1. The largest absolute Gasteiger partial charge is 0.473 e. The van der Waals surface area contributed by atoms with Crippen molar-refractivity contribution < 1.29 is 19.6 Å². The van der Waals surface area contributed by atoms with Gasteiger partial charge in [-0.15, -0.1) is 0 Å². The second-order valence-electron chi connectivity index (χ2n) is 3.94. The summed E-state index contributed by atoms with van der Waals surface area (Å²) < 4.78 is 5.64. The smallest absolute Gasteiger partial charge is 0.312 e. The van der Waals surface area contributed by atoms with Crippen LogP contribution in [0.25, 0.3) is 0 Å². The summed E-state index contributed by atoms with van der Waals surface area (Å²) in [5.41, 5.74) is 4.91. The molecule has 0 saturated carbocycles. The summed E-state index contributed by atoms with van der Waals surface area (Å²) in [6.45, 7) is 2.81. The van der Waals surface area contributed by atoms with Crippen LogP contribution >= 0.6 is 15.9 Å². The molecular weight excluding hydrogens is 320 g/mol. The predicted octanol–water partition coefficient (Wildman–Crippen LogP) is 1.66. The molecule has 7 nitrogen and oxygen atoms in total. The standard InChI is InChI=1S/C11H13BrN2O5/c1-5(15)8-3-7(12)4-9(14(17)18)10(8)19-6(2)11(13)16/h3-6,15H,1-2H3,(H2,13,16)/t5-,6?/m1/s1. The zero-order valence-corrected chi connectivity index (χ0v) is 11.9. The number of nitrogens with zero attached hydrogens (tertiary/aromatic N) is 1. The second-order valence-corrected chi connectivity index (χ2v) is 4.85. The van der Waals surface area contributed by atoms with E-state index in [0.29, 0.717) is 4.47 Å². The molecule has 0 radical (unpaired) electrons. The van der Waals surface area contributed by atoms with Crippen molar-refractivity contribution in [3.8, 4) is 5.75 Å². The van der Waals surface area contributed by atoms with Gasteiger partial charge < -0.3 is 15.6 Å². The molecule has 8 heteroatoms. The molecule has 104 valence electrons. The van der Waals surface area contributed by atoms with Crippen LogP contribution in [0.3, 0.4) is 0 Å². The van der Waals surface area contributed by atoms with Crippen LogP contribution in [0.5, 0.6) is 5.75 Å². The minimum absolute atomic E-state index is 0.158. The number of ether oxygens (including phenoxy) is 1. The highest BCUT2D eigenvalue weighted by Crippen LogP contribution is 2.38. The fourth-order valence-corrected chi connectivity index (χ4v) is 1.87. The molecule has 2 atom stereocenters. The van der Waals surface area contributed by atoms with Gasteiger partial charge in [-0.05, 0) is 19.9 Å². The van der Waals surface area contributed by atoms with Crippen LogP contribution in [0.4, 0.5) is 5.69 Å². The first-order valence-corrected chi connectivity index (χ1v) is 6.15. The lowest BCUT2D eigenvalue weighted by molar-refractivity contribution is -0.386. The van der Waals surface area contributed by atoms with Crippen LogP contribution in [0.15, 0.2) is 16.6 Å². The Bertz CT molecular complexity index is 518. The van der Waals surface area contributed by atoms with Crippen molar-refractivity contribution in [1.82, 2.24) is 0 Å². The lowest BCUT2D eigenvalue weighted by Crippen LogP contribution is -2.31. The Morgan fingerprint density at radius 2 is 2.11 bits per heavy atom. The zero-order valence-electron chi connectivity index (χ0n) is 10.3. The molecule has 0 fully saturated rings. The van der Waals surface area contributed by atoms with Crippen LogP contribution in [-0.4, -0.2) is 22.0 Å². The number of benzene rings is 1. The molecule has 0 saturated heterocycles. The molecule has 0 aliphatic carbocycles. The third-order valence-electron chi connectivity index (χ3n) is 2.40. The molecule has 0 bridgehead atoms. The van der Waals surface area contributed by atoms with Gasteiger partial charge in [-0.1, -0.05) is 15.9 Å². The van der Waals surface area contributed by atoms with Crippen molar-refractivity contribution in [3.63, 3.8) is 0 Å². The summed E-state index contributed by atoms with van der Waals surface area (Å²) >= 11 is 3.12. The number of aliphatic hydroxyl groups excluding tert-OH is 1. The van der Waals surface area contributed by atoms with Crippen molar-refractivity contribution in [3.05, 3.63) is 32.3 Å². The van der Waals surface area contributed by atoms with E-state index >= 15 is 0 Å². The number of hydrogen-bond acceptors (Lipinski definition) is 5. The third kappa shape index (κ3) is 3.65. The van der Waals surface area contributed by atoms with E-state index < -0.39 is 23.0 Å². The van der Waals surface area contributed by atoms with Gasteiger partial charge in [-0.25, -0.2) is 0 Å². The number of carbonyl (C=O) groups is 1. The van der Waals surface area contributed by atoms with Gasteiger partial charge in [-0.2, -0.15) is 0 Å². The Hall–Kier alpha value is -1.67. The van der Waals surface area contributed by atoms with E-state index in [-0.39, 0.29) is 17.0 Å².